The summed E-state index contributed by atoms with van der Waals surface area (Å²) in [6.45, 7) is 6.89. The third-order valence-electron chi connectivity index (χ3n) is 7.60. The van der Waals surface area contributed by atoms with E-state index in [1.807, 2.05) is 0 Å². The number of anilines is 1. The molecule has 3 heterocycles. The second-order valence-electron chi connectivity index (χ2n) is 12.0. The second-order valence-corrected chi connectivity index (χ2v) is 14.0. The number of rotatable bonds is 6. The third kappa shape index (κ3) is 7.29. The molecule has 5 rings (SSSR count). The first-order valence-corrected chi connectivity index (χ1v) is 16.0. The average molecular weight is 674 g/mol. The van der Waals surface area contributed by atoms with Gasteiger partial charge >= 0.3 is 12.3 Å². The lowest BCUT2D eigenvalue weighted by Crippen LogP contribution is -2.51. The van der Waals surface area contributed by atoms with E-state index in [-0.39, 0.29) is 22.4 Å². The summed E-state index contributed by atoms with van der Waals surface area (Å²) in [6.07, 6.45) is -3.71. The van der Waals surface area contributed by atoms with Crippen LogP contribution in [-0.2, 0) is 28.0 Å². The molecular weight excluding hydrogens is 639 g/mol. The van der Waals surface area contributed by atoms with Crippen molar-refractivity contribution >= 4 is 38.6 Å². The molecule has 0 unspecified atom stereocenters. The van der Waals surface area contributed by atoms with Gasteiger partial charge in [0.2, 0.25) is 5.88 Å². The van der Waals surface area contributed by atoms with Crippen LogP contribution in [0.3, 0.4) is 0 Å². The van der Waals surface area contributed by atoms with Crippen molar-refractivity contribution in [2.45, 2.75) is 37.4 Å². The van der Waals surface area contributed by atoms with Gasteiger partial charge in [0.05, 0.1) is 22.3 Å². The van der Waals surface area contributed by atoms with E-state index in [1.54, 1.807) is 66.5 Å². The zero-order valence-electron chi connectivity index (χ0n) is 26.4. The van der Waals surface area contributed by atoms with Crippen LogP contribution in [0.1, 0.15) is 36.8 Å². The van der Waals surface area contributed by atoms with Gasteiger partial charge in [0.15, 0.2) is 0 Å². The molecule has 250 valence electrons. The number of amides is 2. The molecule has 4 aromatic rings. The van der Waals surface area contributed by atoms with Gasteiger partial charge in [-0.25, -0.2) is 18.2 Å². The van der Waals surface area contributed by atoms with E-state index < -0.39 is 33.5 Å². The van der Waals surface area contributed by atoms with E-state index >= 15 is 0 Å². The van der Waals surface area contributed by atoms with Gasteiger partial charge in [-0.2, -0.15) is 13.2 Å². The number of aryl methyl sites for hydroxylation is 1. The van der Waals surface area contributed by atoms with Crippen LogP contribution in [0.5, 0.6) is 11.6 Å². The van der Waals surface area contributed by atoms with Gasteiger partial charge < -0.3 is 23.8 Å². The number of alkyl halides is 3. The summed E-state index contributed by atoms with van der Waals surface area (Å²) in [5, 5.41) is 0.750. The van der Waals surface area contributed by atoms with Crippen molar-refractivity contribution in [3.63, 3.8) is 0 Å². The summed E-state index contributed by atoms with van der Waals surface area (Å²) in [6, 6.07) is 13.2. The van der Waals surface area contributed by atoms with Crippen LogP contribution in [0.25, 0.3) is 10.9 Å². The number of halogens is 3. The highest BCUT2D eigenvalue weighted by Crippen LogP contribution is 2.32. The minimum absolute atomic E-state index is 0.164. The number of pyridine rings is 1. The Kier molecular flexibility index (Phi) is 8.88. The Bertz CT molecular complexity index is 1890. The van der Waals surface area contributed by atoms with Crippen molar-refractivity contribution in [3.05, 3.63) is 78.1 Å². The molecule has 1 aliphatic heterocycles. The van der Waals surface area contributed by atoms with Crippen LogP contribution < -0.4 is 9.04 Å². The summed E-state index contributed by atoms with van der Waals surface area (Å²) in [4.78, 5) is 33.0. The molecule has 2 aromatic carbocycles. The maximum Gasteiger partial charge on any atom is 0.416 e. The first-order valence-electron chi connectivity index (χ1n) is 14.6. The molecule has 2 aromatic heterocycles. The first kappa shape index (κ1) is 33.6. The van der Waals surface area contributed by atoms with Gasteiger partial charge in [0.1, 0.15) is 17.0 Å². The molecule has 2 amide bonds. The Hall–Kier alpha value is -4.79. The normalized spacial score (nSPS) is 14.3. The first-order chi connectivity index (χ1) is 21.9. The fraction of sp³-hybridized carbons (Fsp3) is 0.344. The molecule has 0 saturated carbocycles. The summed E-state index contributed by atoms with van der Waals surface area (Å²) < 4.78 is 78.7. The van der Waals surface area contributed by atoms with Crippen LogP contribution >= 0.6 is 0 Å². The molecule has 0 spiro atoms. The molecule has 0 aliphatic carbocycles. The van der Waals surface area contributed by atoms with Gasteiger partial charge in [-0.3, -0.25) is 9.10 Å². The van der Waals surface area contributed by atoms with Crippen molar-refractivity contribution < 1.29 is 40.7 Å². The molecule has 0 bridgehead atoms. The van der Waals surface area contributed by atoms with Crippen molar-refractivity contribution in [2.24, 2.45) is 7.05 Å². The van der Waals surface area contributed by atoms with Crippen LogP contribution in [-0.4, -0.2) is 78.6 Å². The number of carbonyl (C=O) groups is 2. The molecule has 15 heteroatoms. The van der Waals surface area contributed by atoms with Gasteiger partial charge in [0, 0.05) is 57.2 Å². The summed E-state index contributed by atoms with van der Waals surface area (Å²) in [5.41, 5.74) is -0.107. The van der Waals surface area contributed by atoms with E-state index in [2.05, 4.69) is 4.98 Å². The molecule has 1 aliphatic rings. The number of sulfonamides is 1. The predicted octanol–water partition coefficient (Wildman–Crippen LogP) is 5.90. The molecule has 1 saturated heterocycles. The zero-order chi connectivity index (χ0) is 34.3. The SMILES string of the molecule is CN(c1ccc(Oc2ccc3c(c2)cc(C(=O)N2CCN(C(=O)OC(C)(C)C)CC2)n3C)nc1)S(=O)(=O)c1ccc(C(F)(F)F)cc1. The Morgan fingerprint density at radius 3 is 2.11 bits per heavy atom. The number of fused-ring (bicyclic) bond motifs is 1. The average Bonchev–Trinajstić information content (AvgIpc) is 3.34. The summed E-state index contributed by atoms with van der Waals surface area (Å²) >= 11 is 0. The molecular formula is C32H34F3N5O6S. The molecule has 0 N–H and O–H groups in total. The highest BCUT2D eigenvalue weighted by atomic mass is 32.2. The highest BCUT2D eigenvalue weighted by molar-refractivity contribution is 7.92. The quantitative estimate of drug-likeness (QED) is 0.250. The lowest BCUT2D eigenvalue weighted by atomic mass is 10.2. The van der Waals surface area contributed by atoms with E-state index in [9.17, 15) is 31.2 Å². The predicted molar refractivity (Wildman–Crippen MR) is 168 cm³/mol. The number of piperazine rings is 1. The van der Waals surface area contributed by atoms with E-state index in [0.29, 0.717) is 49.8 Å². The minimum atomic E-state index is -4.58. The number of nitrogens with zero attached hydrogens (tertiary/aromatic N) is 5. The van der Waals surface area contributed by atoms with Crippen molar-refractivity contribution in [1.82, 2.24) is 19.4 Å². The van der Waals surface area contributed by atoms with Gasteiger partial charge in [-0.1, -0.05) is 0 Å². The van der Waals surface area contributed by atoms with Gasteiger partial charge in [0.25, 0.3) is 15.9 Å². The van der Waals surface area contributed by atoms with E-state index in [1.165, 1.54) is 25.4 Å². The molecule has 11 nitrogen and oxygen atoms in total. The monoisotopic (exact) mass is 673 g/mol. The van der Waals surface area contributed by atoms with Crippen LogP contribution in [0.4, 0.5) is 23.7 Å². The van der Waals surface area contributed by atoms with Crippen LogP contribution in [0, 0.1) is 0 Å². The third-order valence-corrected chi connectivity index (χ3v) is 9.40. The number of benzene rings is 2. The number of ether oxygens (including phenoxy) is 2. The molecule has 1 fully saturated rings. The Morgan fingerprint density at radius 1 is 0.894 bits per heavy atom. The number of hydrogen-bond acceptors (Lipinski definition) is 7. The fourth-order valence-electron chi connectivity index (χ4n) is 5.03. The maximum atomic E-state index is 13.4. The van der Waals surface area contributed by atoms with Gasteiger partial charge in [-0.15, -0.1) is 0 Å². The maximum absolute atomic E-state index is 13.4. The smallest absolute Gasteiger partial charge is 0.416 e. The zero-order valence-corrected chi connectivity index (χ0v) is 27.2. The lowest BCUT2D eigenvalue weighted by Gasteiger charge is -2.35. The summed E-state index contributed by atoms with van der Waals surface area (Å²) in [5.74, 6) is 0.435. The standard InChI is InChI=1S/C32H34F3N5O6S/c1-31(2,3)46-30(42)40-16-14-39(15-17-40)29(41)27-19-21-18-24(9-12-26(21)37(27)4)45-28-13-8-23(20-36-28)38(5)47(43,44)25-10-6-22(7-11-25)32(33,34)35/h6-13,18-20H,14-17H2,1-5H3. The molecule has 0 radical (unpaired) electrons. The lowest BCUT2D eigenvalue weighted by molar-refractivity contribution is -0.137. The van der Waals surface area contributed by atoms with E-state index in [4.69, 9.17) is 9.47 Å². The van der Waals surface area contributed by atoms with Crippen molar-refractivity contribution in [2.75, 3.05) is 37.5 Å². The van der Waals surface area contributed by atoms with E-state index in [0.717, 1.165) is 27.3 Å². The minimum Gasteiger partial charge on any atom is -0.444 e. The van der Waals surface area contributed by atoms with Crippen molar-refractivity contribution in [1.29, 1.82) is 0 Å². The van der Waals surface area contributed by atoms with Gasteiger partial charge in [-0.05, 0) is 75.4 Å². The Morgan fingerprint density at radius 2 is 1.53 bits per heavy atom. The number of aromatic nitrogens is 2. The highest BCUT2D eigenvalue weighted by Gasteiger charge is 2.32. The Balaban J connectivity index is 1.24. The summed E-state index contributed by atoms with van der Waals surface area (Å²) in [7, 11) is -1.09. The topological polar surface area (TPSA) is 114 Å². The molecule has 0 atom stereocenters. The van der Waals surface area contributed by atoms with Crippen LogP contribution in [0.2, 0.25) is 0 Å². The van der Waals surface area contributed by atoms with Crippen LogP contribution in [0.15, 0.2) is 71.8 Å². The second kappa shape index (κ2) is 12.4. The largest absolute Gasteiger partial charge is 0.444 e. The fourth-order valence-corrected chi connectivity index (χ4v) is 6.21. The van der Waals surface area contributed by atoms with Crippen molar-refractivity contribution in [3.8, 4) is 11.6 Å². The Labute approximate surface area is 270 Å². The number of carbonyl (C=O) groups excluding carboxylic acids is 2. The molecule has 47 heavy (non-hydrogen) atoms. The number of hydrogen-bond donors (Lipinski definition) is 0.